The van der Waals surface area contributed by atoms with E-state index in [2.05, 4.69) is 10.3 Å². The third-order valence-corrected chi connectivity index (χ3v) is 5.86. The van der Waals surface area contributed by atoms with Crippen LogP contribution in [-0.2, 0) is 9.59 Å². The van der Waals surface area contributed by atoms with E-state index in [-0.39, 0.29) is 17.7 Å². The number of nitrogens with one attached hydrogen (secondary N) is 1. The third kappa shape index (κ3) is 3.44. The van der Waals surface area contributed by atoms with E-state index < -0.39 is 0 Å². The maximum absolute atomic E-state index is 12.5. The van der Waals surface area contributed by atoms with Gasteiger partial charge in [-0.1, -0.05) is 43.2 Å². The largest absolute Gasteiger partial charge is 0.339 e. The summed E-state index contributed by atoms with van der Waals surface area (Å²) >= 11 is 1.42. The molecule has 1 saturated carbocycles. The molecule has 4 rings (SSSR count). The minimum atomic E-state index is -0.267. The first-order valence-corrected chi connectivity index (χ1v) is 9.70. The second kappa shape index (κ2) is 6.96. The van der Waals surface area contributed by atoms with Crippen LogP contribution in [0.25, 0.3) is 11.3 Å². The number of amides is 2. The fraction of sp³-hybridized carbons (Fsp3) is 0.421. The molecule has 2 heterocycles. The molecule has 0 bridgehead atoms. The highest BCUT2D eigenvalue weighted by Gasteiger charge is 2.38. The van der Waals surface area contributed by atoms with Crippen LogP contribution in [0.2, 0.25) is 0 Å². The van der Waals surface area contributed by atoms with Crippen molar-refractivity contribution >= 4 is 28.3 Å². The summed E-state index contributed by atoms with van der Waals surface area (Å²) in [5.41, 5.74) is 1.89. The quantitative estimate of drug-likeness (QED) is 0.912. The molecule has 2 aliphatic rings. The van der Waals surface area contributed by atoms with Crippen molar-refractivity contribution in [3.63, 3.8) is 0 Å². The number of hydrogen-bond donors (Lipinski definition) is 1. The highest BCUT2D eigenvalue weighted by molar-refractivity contribution is 7.14. The van der Waals surface area contributed by atoms with Crippen LogP contribution in [0.5, 0.6) is 0 Å². The van der Waals surface area contributed by atoms with Gasteiger partial charge in [0.2, 0.25) is 11.8 Å². The van der Waals surface area contributed by atoms with E-state index >= 15 is 0 Å². The second-order valence-electron chi connectivity index (χ2n) is 6.78. The van der Waals surface area contributed by atoms with Crippen molar-refractivity contribution in [1.29, 1.82) is 0 Å². The number of benzene rings is 1. The normalized spacial score (nSPS) is 21.0. The maximum atomic E-state index is 12.5. The number of likely N-dealkylation sites (tertiary alicyclic amines) is 1. The Morgan fingerprint density at radius 2 is 1.96 bits per heavy atom. The van der Waals surface area contributed by atoms with Gasteiger partial charge in [-0.3, -0.25) is 9.59 Å². The summed E-state index contributed by atoms with van der Waals surface area (Å²) < 4.78 is 0. The van der Waals surface area contributed by atoms with Gasteiger partial charge < -0.3 is 10.2 Å². The first kappa shape index (κ1) is 16.3. The number of carbonyl (C=O) groups is 2. The summed E-state index contributed by atoms with van der Waals surface area (Å²) in [5.74, 6) is -0.240. The number of anilines is 1. The summed E-state index contributed by atoms with van der Waals surface area (Å²) in [7, 11) is 0. The van der Waals surface area contributed by atoms with Crippen molar-refractivity contribution in [3.8, 4) is 11.3 Å². The molecule has 0 spiro atoms. The molecule has 1 aliphatic heterocycles. The van der Waals surface area contributed by atoms with Crippen LogP contribution in [0.3, 0.4) is 0 Å². The lowest BCUT2D eigenvalue weighted by Gasteiger charge is -2.23. The van der Waals surface area contributed by atoms with Crippen molar-refractivity contribution in [2.75, 3.05) is 11.9 Å². The topological polar surface area (TPSA) is 62.3 Å². The average molecular weight is 355 g/mol. The molecule has 1 saturated heterocycles. The van der Waals surface area contributed by atoms with Gasteiger partial charge in [-0.15, -0.1) is 11.3 Å². The first-order chi connectivity index (χ1) is 12.2. The zero-order chi connectivity index (χ0) is 17.2. The molecule has 1 aliphatic carbocycles. The van der Waals surface area contributed by atoms with Crippen LogP contribution in [0.1, 0.15) is 32.1 Å². The van der Waals surface area contributed by atoms with Crippen molar-refractivity contribution in [1.82, 2.24) is 9.88 Å². The van der Waals surface area contributed by atoms with Crippen molar-refractivity contribution in [2.45, 2.75) is 38.1 Å². The Hall–Kier alpha value is -2.21. The van der Waals surface area contributed by atoms with E-state index in [0.717, 1.165) is 24.1 Å². The summed E-state index contributed by atoms with van der Waals surface area (Å²) in [6, 6.07) is 10.2. The molecule has 2 fully saturated rings. The number of aromatic nitrogens is 1. The molecule has 1 aromatic heterocycles. The third-order valence-electron chi connectivity index (χ3n) is 5.10. The lowest BCUT2D eigenvalue weighted by Crippen LogP contribution is -2.35. The Labute approximate surface area is 151 Å². The summed E-state index contributed by atoms with van der Waals surface area (Å²) in [4.78, 5) is 31.2. The Morgan fingerprint density at radius 1 is 1.20 bits per heavy atom. The lowest BCUT2D eigenvalue weighted by atomic mass is 10.1. The minimum absolute atomic E-state index is 0.0946. The van der Waals surface area contributed by atoms with E-state index in [1.54, 1.807) is 0 Å². The smallest absolute Gasteiger partial charge is 0.231 e. The summed E-state index contributed by atoms with van der Waals surface area (Å²) in [5, 5.41) is 5.43. The molecule has 2 aromatic rings. The number of carbonyl (C=O) groups excluding carboxylic acids is 2. The van der Waals surface area contributed by atoms with E-state index in [1.165, 1.54) is 24.2 Å². The van der Waals surface area contributed by atoms with Gasteiger partial charge >= 0.3 is 0 Å². The molecule has 130 valence electrons. The molecule has 6 heteroatoms. The molecule has 2 amide bonds. The van der Waals surface area contributed by atoms with Crippen molar-refractivity contribution in [3.05, 3.63) is 35.7 Å². The molecule has 25 heavy (non-hydrogen) atoms. The number of thiazole rings is 1. The molecular weight excluding hydrogens is 334 g/mol. The number of nitrogens with zero attached hydrogens (tertiary/aromatic N) is 2. The standard InChI is InChI=1S/C19H21N3O2S/c23-17-10-14(11-22(17)15-8-4-5-9-15)18(24)21-19-20-16(12-25-19)13-6-2-1-3-7-13/h1-3,6-7,12,14-15H,4-5,8-11H2,(H,20,21,24). The summed E-state index contributed by atoms with van der Waals surface area (Å²) in [6.07, 6.45) is 4.85. The van der Waals surface area contributed by atoms with Gasteiger partial charge in [0, 0.05) is 30.0 Å². The lowest BCUT2D eigenvalue weighted by molar-refractivity contribution is -0.129. The Balaban J connectivity index is 1.39. The van der Waals surface area contributed by atoms with Gasteiger partial charge in [0.15, 0.2) is 5.13 Å². The molecular formula is C19H21N3O2S. The van der Waals surface area contributed by atoms with Gasteiger partial charge in [-0.25, -0.2) is 4.98 Å². The molecule has 1 unspecified atom stereocenters. The van der Waals surface area contributed by atoms with Crippen LogP contribution < -0.4 is 5.32 Å². The van der Waals surface area contributed by atoms with E-state index in [1.807, 2.05) is 40.6 Å². The maximum Gasteiger partial charge on any atom is 0.231 e. The first-order valence-electron chi connectivity index (χ1n) is 8.82. The zero-order valence-corrected chi connectivity index (χ0v) is 14.8. The molecule has 5 nitrogen and oxygen atoms in total. The van der Waals surface area contributed by atoms with Gasteiger partial charge in [-0.05, 0) is 12.8 Å². The van der Waals surface area contributed by atoms with Gasteiger partial charge in [0.05, 0.1) is 11.6 Å². The molecule has 1 N–H and O–H groups in total. The minimum Gasteiger partial charge on any atom is -0.339 e. The Kier molecular flexibility index (Phi) is 4.53. The average Bonchev–Trinajstić information content (AvgIpc) is 3.35. The monoisotopic (exact) mass is 355 g/mol. The van der Waals surface area contributed by atoms with Gasteiger partial charge in [-0.2, -0.15) is 0 Å². The van der Waals surface area contributed by atoms with Crippen molar-refractivity contribution < 1.29 is 9.59 Å². The molecule has 1 aromatic carbocycles. The van der Waals surface area contributed by atoms with Crippen LogP contribution in [0.4, 0.5) is 5.13 Å². The van der Waals surface area contributed by atoms with E-state index in [4.69, 9.17) is 0 Å². The SMILES string of the molecule is O=C(Nc1nc(-c2ccccc2)cs1)C1CC(=O)N(C2CCCC2)C1. The van der Waals surface area contributed by atoms with Crippen molar-refractivity contribution in [2.24, 2.45) is 5.92 Å². The van der Waals surface area contributed by atoms with E-state index in [0.29, 0.717) is 24.1 Å². The fourth-order valence-corrected chi connectivity index (χ4v) is 4.48. The van der Waals surface area contributed by atoms with Gasteiger partial charge in [0.25, 0.3) is 0 Å². The molecule has 0 radical (unpaired) electrons. The van der Waals surface area contributed by atoms with Crippen LogP contribution in [-0.4, -0.2) is 34.3 Å². The Bertz CT molecular complexity index is 768. The predicted octanol–water partition coefficient (Wildman–Crippen LogP) is 3.54. The molecule has 1 atom stereocenters. The summed E-state index contributed by atoms with van der Waals surface area (Å²) in [6.45, 7) is 0.548. The predicted molar refractivity (Wildman–Crippen MR) is 98.3 cm³/mol. The van der Waals surface area contributed by atoms with E-state index in [9.17, 15) is 9.59 Å². The Morgan fingerprint density at radius 3 is 2.72 bits per heavy atom. The number of rotatable bonds is 4. The zero-order valence-electron chi connectivity index (χ0n) is 14.0. The fourth-order valence-electron chi connectivity index (χ4n) is 3.76. The van der Waals surface area contributed by atoms with Crippen LogP contribution >= 0.6 is 11.3 Å². The highest BCUT2D eigenvalue weighted by atomic mass is 32.1. The highest BCUT2D eigenvalue weighted by Crippen LogP contribution is 2.30. The van der Waals surface area contributed by atoms with Crippen LogP contribution in [0.15, 0.2) is 35.7 Å². The second-order valence-corrected chi connectivity index (χ2v) is 7.64. The number of hydrogen-bond acceptors (Lipinski definition) is 4. The van der Waals surface area contributed by atoms with Crippen LogP contribution in [0, 0.1) is 5.92 Å². The van der Waals surface area contributed by atoms with Gasteiger partial charge in [0.1, 0.15) is 0 Å².